The number of hydrogen-bond acceptors (Lipinski definition) is 4. The molecule has 14 heavy (non-hydrogen) atoms. The molecule has 0 rings (SSSR count). The van der Waals surface area contributed by atoms with Crippen LogP contribution in [0.4, 0.5) is 0 Å². The summed E-state index contributed by atoms with van der Waals surface area (Å²) in [4.78, 5) is 1.99. The molecule has 0 aliphatic heterocycles. The molecular weight excluding hydrogens is 176 g/mol. The molecule has 5 N–H and O–H groups in total. The molecule has 82 valence electrons. The molecule has 0 aromatic carbocycles. The van der Waals surface area contributed by atoms with Gasteiger partial charge >= 0.3 is 0 Å². The van der Waals surface area contributed by atoms with Crippen LogP contribution in [0.5, 0.6) is 0 Å². The number of nitrogens with one attached hydrogen (secondary N) is 1. The third-order valence-corrected chi connectivity index (χ3v) is 1.83. The predicted molar refractivity (Wildman–Crippen MR) is 61.4 cm³/mol. The smallest absolute Gasteiger partial charge is 0.0984 e. The standard InChI is InChI=1S/C10H22N4/c1-4-13-7-8-14(3)10(12)6-5-9(2)11/h5-6,13H,4,7-8,11-12H2,1-3H3/b9-5-,10-6+. The molecule has 0 atom stereocenters. The Morgan fingerprint density at radius 2 is 2.00 bits per heavy atom. The van der Waals surface area contributed by atoms with Crippen molar-refractivity contribution >= 4 is 0 Å². The van der Waals surface area contributed by atoms with Crippen molar-refractivity contribution in [3.05, 3.63) is 23.7 Å². The molecule has 0 aromatic rings. The van der Waals surface area contributed by atoms with Crippen LogP contribution in [0.25, 0.3) is 0 Å². The van der Waals surface area contributed by atoms with Crippen LogP contribution in [0, 0.1) is 0 Å². The van der Waals surface area contributed by atoms with Gasteiger partial charge in [-0.25, -0.2) is 0 Å². The van der Waals surface area contributed by atoms with Crippen molar-refractivity contribution in [2.45, 2.75) is 13.8 Å². The van der Waals surface area contributed by atoms with Crippen LogP contribution in [-0.2, 0) is 0 Å². The van der Waals surface area contributed by atoms with E-state index >= 15 is 0 Å². The van der Waals surface area contributed by atoms with Gasteiger partial charge in [-0.3, -0.25) is 0 Å². The summed E-state index contributed by atoms with van der Waals surface area (Å²) in [7, 11) is 1.96. The average Bonchev–Trinajstić information content (AvgIpc) is 2.14. The zero-order chi connectivity index (χ0) is 11.0. The summed E-state index contributed by atoms with van der Waals surface area (Å²) in [5.41, 5.74) is 12.1. The molecule has 0 aromatic heterocycles. The van der Waals surface area contributed by atoms with Crippen LogP contribution in [0.15, 0.2) is 23.7 Å². The Balaban J connectivity index is 3.92. The van der Waals surface area contributed by atoms with E-state index in [1.54, 1.807) is 6.08 Å². The van der Waals surface area contributed by atoms with Crippen molar-refractivity contribution in [2.75, 3.05) is 26.7 Å². The number of nitrogens with zero attached hydrogens (tertiary/aromatic N) is 1. The normalized spacial score (nSPS) is 13.1. The predicted octanol–water partition coefficient (Wildman–Crippen LogP) is 0.190. The summed E-state index contributed by atoms with van der Waals surface area (Å²) in [6.45, 7) is 6.74. The summed E-state index contributed by atoms with van der Waals surface area (Å²) in [5.74, 6) is 0.729. The molecule has 0 saturated heterocycles. The molecule has 0 radical (unpaired) electrons. The van der Waals surface area contributed by atoms with Crippen LogP contribution in [-0.4, -0.2) is 31.6 Å². The fraction of sp³-hybridized carbons (Fsp3) is 0.600. The molecule has 4 heteroatoms. The van der Waals surface area contributed by atoms with Crippen LogP contribution in [0.1, 0.15) is 13.8 Å². The third kappa shape index (κ3) is 6.37. The molecule has 0 aliphatic rings. The zero-order valence-electron chi connectivity index (χ0n) is 9.38. The Morgan fingerprint density at radius 1 is 1.36 bits per heavy atom. The Morgan fingerprint density at radius 3 is 2.50 bits per heavy atom. The Hall–Kier alpha value is -1.16. The minimum absolute atomic E-state index is 0.729. The van der Waals surface area contributed by atoms with E-state index in [2.05, 4.69) is 12.2 Å². The van der Waals surface area contributed by atoms with E-state index in [-0.39, 0.29) is 0 Å². The maximum absolute atomic E-state index is 5.81. The maximum atomic E-state index is 5.81. The van der Waals surface area contributed by atoms with Crippen LogP contribution < -0.4 is 16.8 Å². The van der Waals surface area contributed by atoms with E-state index < -0.39 is 0 Å². The lowest BCUT2D eigenvalue weighted by atomic mass is 10.4. The van der Waals surface area contributed by atoms with Crippen molar-refractivity contribution in [3.63, 3.8) is 0 Å². The van der Waals surface area contributed by atoms with Gasteiger partial charge in [0, 0.05) is 25.8 Å². The van der Waals surface area contributed by atoms with Gasteiger partial charge in [0.15, 0.2) is 0 Å². The van der Waals surface area contributed by atoms with Gasteiger partial charge < -0.3 is 21.7 Å². The van der Waals surface area contributed by atoms with Gasteiger partial charge in [0.25, 0.3) is 0 Å². The van der Waals surface area contributed by atoms with E-state index in [1.807, 2.05) is 24.9 Å². The highest BCUT2D eigenvalue weighted by Gasteiger charge is 1.97. The number of nitrogens with two attached hydrogens (primary N) is 2. The minimum Gasteiger partial charge on any atom is -0.402 e. The topological polar surface area (TPSA) is 67.3 Å². The first-order chi connectivity index (χ1) is 6.57. The largest absolute Gasteiger partial charge is 0.402 e. The molecule has 0 fully saturated rings. The molecule has 0 aliphatic carbocycles. The molecular formula is C10H22N4. The van der Waals surface area contributed by atoms with Gasteiger partial charge in [-0.15, -0.1) is 0 Å². The zero-order valence-corrected chi connectivity index (χ0v) is 9.38. The second kappa shape index (κ2) is 7.26. The SMILES string of the molecule is CCNCCN(C)/C(N)=C/C=C(/C)N. The van der Waals surface area contributed by atoms with Crippen LogP contribution in [0.3, 0.4) is 0 Å². The maximum Gasteiger partial charge on any atom is 0.0984 e. The van der Waals surface area contributed by atoms with E-state index in [0.717, 1.165) is 31.2 Å². The van der Waals surface area contributed by atoms with Crippen LogP contribution in [0.2, 0.25) is 0 Å². The lowest BCUT2D eigenvalue weighted by molar-refractivity contribution is 0.406. The lowest BCUT2D eigenvalue weighted by Gasteiger charge is -2.18. The lowest BCUT2D eigenvalue weighted by Crippen LogP contribution is -2.31. The van der Waals surface area contributed by atoms with Crippen molar-refractivity contribution in [1.82, 2.24) is 10.2 Å². The van der Waals surface area contributed by atoms with Gasteiger partial charge in [0.2, 0.25) is 0 Å². The fourth-order valence-electron chi connectivity index (χ4n) is 0.897. The highest BCUT2D eigenvalue weighted by molar-refractivity contribution is 5.12. The van der Waals surface area contributed by atoms with Crippen molar-refractivity contribution in [2.24, 2.45) is 11.5 Å². The van der Waals surface area contributed by atoms with E-state index in [9.17, 15) is 0 Å². The summed E-state index contributed by atoms with van der Waals surface area (Å²) in [5, 5.41) is 3.23. The molecule has 0 amide bonds. The van der Waals surface area contributed by atoms with Crippen molar-refractivity contribution < 1.29 is 0 Å². The summed E-state index contributed by atoms with van der Waals surface area (Å²) < 4.78 is 0. The van der Waals surface area contributed by atoms with Crippen LogP contribution >= 0.6 is 0 Å². The second-order valence-electron chi connectivity index (χ2n) is 3.28. The average molecular weight is 198 g/mol. The highest BCUT2D eigenvalue weighted by Crippen LogP contribution is 1.93. The molecule has 0 unspecified atom stereocenters. The first kappa shape index (κ1) is 12.8. The summed E-state index contributed by atoms with van der Waals surface area (Å²) in [6, 6.07) is 0. The molecule has 4 nitrogen and oxygen atoms in total. The van der Waals surface area contributed by atoms with E-state index in [0.29, 0.717) is 0 Å². The molecule has 0 spiro atoms. The first-order valence-corrected chi connectivity index (χ1v) is 4.89. The monoisotopic (exact) mass is 198 g/mol. The fourth-order valence-corrected chi connectivity index (χ4v) is 0.897. The van der Waals surface area contributed by atoms with Gasteiger partial charge in [-0.2, -0.15) is 0 Å². The van der Waals surface area contributed by atoms with Gasteiger partial charge in [0.1, 0.15) is 0 Å². The first-order valence-electron chi connectivity index (χ1n) is 4.89. The molecule has 0 heterocycles. The molecule has 0 saturated carbocycles. The summed E-state index contributed by atoms with van der Waals surface area (Å²) >= 11 is 0. The van der Waals surface area contributed by atoms with Gasteiger partial charge in [-0.1, -0.05) is 6.92 Å². The number of likely N-dealkylation sites (N-methyl/N-ethyl adjacent to an activating group) is 2. The molecule has 0 bridgehead atoms. The quantitative estimate of drug-likeness (QED) is 0.421. The number of hydrogen-bond donors (Lipinski definition) is 3. The van der Waals surface area contributed by atoms with Crippen molar-refractivity contribution in [3.8, 4) is 0 Å². The third-order valence-electron chi connectivity index (χ3n) is 1.83. The van der Waals surface area contributed by atoms with Gasteiger partial charge in [0.05, 0.1) is 5.82 Å². The number of allylic oxidation sites excluding steroid dienone is 3. The minimum atomic E-state index is 0.729. The Labute approximate surface area is 86.6 Å². The van der Waals surface area contributed by atoms with E-state index in [1.165, 1.54) is 0 Å². The second-order valence-corrected chi connectivity index (χ2v) is 3.28. The highest BCUT2D eigenvalue weighted by atomic mass is 15.2. The Bertz CT molecular complexity index is 204. The summed E-state index contributed by atoms with van der Waals surface area (Å²) in [6.07, 6.45) is 3.63. The van der Waals surface area contributed by atoms with Gasteiger partial charge in [-0.05, 0) is 25.6 Å². The van der Waals surface area contributed by atoms with E-state index in [4.69, 9.17) is 11.5 Å². The number of rotatable bonds is 6. The van der Waals surface area contributed by atoms with Crippen molar-refractivity contribution in [1.29, 1.82) is 0 Å². The Kier molecular flexibility index (Phi) is 6.66.